The number of para-hydroxylation sites is 1. The minimum absolute atomic E-state index is 0.353. The topological polar surface area (TPSA) is 21.3 Å². The van der Waals surface area contributed by atoms with Crippen LogP contribution in [0.5, 0.6) is 5.75 Å². The molecule has 0 bridgehead atoms. The van der Waals surface area contributed by atoms with Crippen LogP contribution < -0.4 is 10.1 Å². The Morgan fingerprint density at radius 2 is 1.57 bits per heavy atom. The van der Waals surface area contributed by atoms with Gasteiger partial charge in [0, 0.05) is 11.6 Å². The van der Waals surface area contributed by atoms with Crippen molar-refractivity contribution in [1.82, 2.24) is 5.32 Å². The van der Waals surface area contributed by atoms with Crippen molar-refractivity contribution in [2.24, 2.45) is 0 Å². The van der Waals surface area contributed by atoms with Gasteiger partial charge < -0.3 is 10.1 Å². The van der Waals surface area contributed by atoms with Gasteiger partial charge in [-0.15, -0.1) is 0 Å². The Morgan fingerprint density at radius 1 is 0.952 bits per heavy atom. The first-order valence-corrected chi connectivity index (χ1v) is 8.66. The number of hydrogen-bond donors (Lipinski definition) is 1. The Labute approximate surface area is 131 Å². The Morgan fingerprint density at radius 3 is 2.24 bits per heavy atom. The molecule has 2 heteroatoms. The van der Waals surface area contributed by atoms with Crippen molar-refractivity contribution in [3.8, 4) is 5.75 Å². The van der Waals surface area contributed by atoms with Crippen molar-refractivity contribution in [2.75, 3.05) is 13.7 Å². The molecule has 0 amide bonds. The maximum absolute atomic E-state index is 5.42. The predicted octanol–water partition coefficient (Wildman–Crippen LogP) is 5.49. The van der Waals surface area contributed by atoms with Gasteiger partial charge in [-0.3, -0.25) is 0 Å². The lowest BCUT2D eigenvalue weighted by Crippen LogP contribution is -2.20. The molecule has 21 heavy (non-hydrogen) atoms. The highest BCUT2D eigenvalue weighted by atomic mass is 16.5. The van der Waals surface area contributed by atoms with Crippen LogP contribution in [0.1, 0.15) is 76.8 Å². The van der Waals surface area contributed by atoms with E-state index in [0.717, 1.165) is 12.3 Å². The lowest BCUT2D eigenvalue weighted by atomic mass is 10.1. The van der Waals surface area contributed by atoms with Crippen LogP contribution in [0, 0.1) is 0 Å². The second-order valence-corrected chi connectivity index (χ2v) is 5.89. The summed E-state index contributed by atoms with van der Waals surface area (Å²) in [5.74, 6) is 0.980. The fourth-order valence-corrected chi connectivity index (χ4v) is 2.71. The standard InChI is InChI=1S/C19H33NO/c1-4-5-6-7-8-9-10-13-16-20-17(2)18-14-11-12-15-19(18)21-3/h11-12,14-15,17,20H,4-10,13,16H2,1-3H3/t17-/m0/s1. The first-order valence-electron chi connectivity index (χ1n) is 8.66. The van der Waals surface area contributed by atoms with Crippen LogP contribution in [0.4, 0.5) is 0 Å². The lowest BCUT2D eigenvalue weighted by molar-refractivity contribution is 0.401. The van der Waals surface area contributed by atoms with E-state index in [4.69, 9.17) is 4.74 Å². The van der Waals surface area contributed by atoms with Crippen LogP contribution in [0.3, 0.4) is 0 Å². The van der Waals surface area contributed by atoms with Crippen LogP contribution in [0.25, 0.3) is 0 Å². The third-order valence-electron chi connectivity index (χ3n) is 4.09. The summed E-state index contributed by atoms with van der Waals surface area (Å²) in [5.41, 5.74) is 1.25. The van der Waals surface area contributed by atoms with Crippen LogP contribution in [0.2, 0.25) is 0 Å². The normalized spacial score (nSPS) is 12.3. The van der Waals surface area contributed by atoms with Gasteiger partial charge >= 0.3 is 0 Å². The first kappa shape index (κ1) is 18.0. The van der Waals surface area contributed by atoms with E-state index in [-0.39, 0.29) is 0 Å². The average Bonchev–Trinajstić information content (AvgIpc) is 2.53. The molecule has 120 valence electrons. The molecule has 0 aromatic heterocycles. The molecule has 0 aliphatic carbocycles. The third-order valence-corrected chi connectivity index (χ3v) is 4.09. The highest BCUT2D eigenvalue weighted by Gasteiger charge is 2.09. The molecule has 1 N–H and O–H groups in total. The van der Waals surface area contributed by atoms with E-state index in [0.29, 0.717) is 6.04 Å². The van der Waals surface area contributed by atoms with Crippen molar-refractivity contribution in [3.63, 3.8) is 0 Å². The minimum atomic E-state index is 0.353. The Bertz CT molecular complexity index is 364. The molecule has 1 rings (SSSR count). The van der Waals surface area contributed by atoms with Crippen molar-refractivity contribution in [3.05, 3.63) is 29.8 Å². The van der Waals surface area contributed by atoms with E-state index >= 15 is 0 Å². The molecular weight excluding hydrogens is 258 g/mol. The molecule has 0 radical (unpaired) electrons. The zero-order valence-electron chi connectivity index (χ0n) is 14.2. The van der Waals surface area contributed by atoms with Crippen molar-refractivity contribution >= 4 is 0 Å². The average molecular weight is 291 g/mol. The van der Waals surface area contributed by atoms with Gasteiger partial charge in [0.25, 0.3) is 0 Å². The number of benzene rings is 1. The molecule has 0 aliphatic rings. The maximum atomic E-state index is 5.42. The number of methoxy groups -OCH3 is 1. The molecule has 1 aromatic rings. The Kier molecular flexibility index (Phi) is 9.98. The molecule has 0 saturated heterocycles. The molecule has 0 spiro atoms. The molecule has 1 aromatic carbocycles. The number of unbranched alkanes of at least 4 members (excludes halogenated alkanes) is 7. The van der Waals surface area contributed by atoms with Crippen molar-refractivity contribution in [1.29, 1.82) is 0 Å². The number of rotatable bonds is 12. The van der Waals surface area contributed by atoms with Gasteiger partial charge in [0.2, 0.25) is 0 Å². The molecule has 0 fully saturated rings. The van der Waals surface area contributed by atoms with E-state index in [1.54, 1.807) is 7.11 Å². The number of nitrogens with one attached hydrogen (secondary N) is 1. The first-order chi connectivity index (χ1) is 10.3. The van der Waals surface area contributed by atoms with E-state index in [9.17, 15) is 0 Å². The van der Waals surface area contributed by atoms with Gasteiger partial charge in [0.1, 0.15) is 5.75 Å². The summed E-state index contributed by atoms with van der Waals surface area (Å²) in [4.78, 5) is 0. The van der Waals surface area contributed by atoms with Crippen LogP contribution >= 0.6 is 0 Å². The van der Waals surface area contributed by atoms with Gasteiger partial charge in [0.05, 0.1) is 7.11 Å². The van der Waals surface area contributed by atoms with Gasteiger partial charge in [-0.05, 0) is 26.0 Å². The summed E-state index contributed by atoms with van der Waals surface area (Å²) < 4.78 is 5.42. The third kappa shape index (κ3) is 7.52. The summed E-state index contributed by atoms with van der Waals surface area (Å²) in [5, 5.41) is 3.60. The summed E-state index contributed by atoms with van der Waals surface area (Å²) >= 11 is 0. The quantitative estimate of drug-likeness (QED) is 0.514. The molecule has 0 unspecified atom stereocenters. The molecule has 0 saturated carbocycles. The molecule has 0 aliphatic heterocycles. The fourth-order valence-electron chi connectivity index (χ4n) is 2.71. The molecule has 1 atom stereocenters. The van der Waals surface area contributed by atoms with Gasteiger partial charge in [0.15, 0.2) is 0 Å². The summed E-state index contributed by atoms with van der Waals surface area (Å²) in [6.07, 6.45) is 11.0. The monoisotopic (exact) mass is 291 g/mol. The second kappa shape index (κ2) is 11.6. The molecular formula is C19H33NO. The number of ether oxygens (including phenoxy) is 1. The smallest absolute Gasteiger partial charge is 0.123 e. The van der Waals surface area contributed by atoms with Crippen molar-refractivity contribution in [2.45, 2.75) is 71.3 Å². The van der Waals surface area contributed by atoms with E-state index in [1.807, 2.05) is 12.1 Å². The molecule has 0 heterocycles. The second-order valence-electron chi connectivity index (χ2n) is 5.89. The molecule has 2 nitrogen and oxygen atoms in total. The summed E-state index contributed by atoms with van der Waals surface area (Å²) in [6.45, 7) is 5.57. The summed E-state index contributed by atoms with van der Waals surface area (Å²) in [7, 11) is 1.74. The predicted molar refractivity (Wildman–Crippen MR) is 92.0 cm³/mol. The van der Waals surface area contributed by atoms with E-state index in [1.165, 1.54) is 56.9 Å². The van der Waals surface area contributed by atoms with Gasteiger partial charge in [-0.1, -0.05) is 70.1 Å². The zero-order valence-corrected chi connectivity index (χ0v) is 14.2. The van der Waals surface area contributed by atoms with Crippen LogP contribution in [0.15, 0.2) is 24.3 Å². The van der Waals surface area contributed by atoms with E-state index < -0.39 is 0 Å². The zero-order chi connectivity index (χ0) is 15.3. The van der Waals surface area contributed by atoms with Gasteiger partial charge in [-0.25, -0.2) is 0 Å². The van der Waals surface area contributed by atoms with E-state index in [2.05, 4.69) is 31.3 Å². The Hall–Kier alpha value is -1.02. The maximum Gasteiger partial charge on any atom is 0.123 e. The highest BCUT2D eigenvalue weighted by molar-refractivity contribution is 5.35. The van der Waals surface area contributed by atoms with Crippen LogP contribution in [-0.2, 0) is 0 Å². The lowest BCUT2D eigenvalue weighted by Gasteiger charge is -2.17. The highest BCUT2D eigenvalue weighted by Crippen LogP contribution is 2.24. The van der Waals surface area contributed by atoms with Crippen molar-refractivity contribution < 1.29 is 4.74 Å². The Balaban J connectivity index is 2.09. The SMILES string of the molecule is CCCCCCCCCCN[C@@H](C)c1ccccc1OC. The largest absolute Gasteiger partial charge is 0.496 e. The number of hydrogen-bond acceptors (Lipinski definition) is 2. The summed E-state index contributed by atoms with van der Waals surface area (Å²) in [6, 6.07) is 8.62. The minimum Gasteiger partial charge on any atom is -0.496 e. The fraction of sp³-hybridized carbons (Fsp3) is 0.684. The van der Waals surface area contributed by atoms with Crippen LogP contribution in [-0.4, -0.2) is 13.7 Å². The van der Waals surface area contributed by atoms with Gasteiger partial charge in [-0.2, -0.15) is 0 Å².